The van der Waals surface area contributed by atoms with Crippen LogP contribution in [0.2, 0.25) is 30.1 Å². The minimum absolute atomic E-state index is 0.0575. The summed E-state index contributed by atoms with van der Waals surface area (Å²) < 4.78 is 21.1. The lowest BCUT2D eigenvalue weighted by Gasteiger charge is -2.16. The monoisotopic (exact) mass is 814 g/mol. The molecule has 2 aromatic rings. The average molecular weight is 817 g/mol. The molecule has 2 atom stereocenters. The molecule has 0 spiro atoms. The Bertz CT molecular complexity index is 1370. The Labute approximate surface area is 324 Å². The predicted molar refractivity (Wildman–Crippen MR) is 200 cm³/mol. The van der Waals surface area contributed by atoms with Crippen LogP contribution in [0, 0.1) is 11.8 Å². The van der Waals surface area contributed by atoms with E-state index in [1.165, 1.54) is 0 Å². The summed E-state index contributed by atoms with van der Waals surface area (Å²) in [6.07, 6.45) is 11.6. The summed E-state index contributed by atoms with van der Waals surface area (Å²) in [5.41, 5.74) is -0.920. The van der Waals surface area contributed by atoms with Crippen molar-refractivity contribution in [2.45, 2.75) is 105 Å². The number of esters is 4. The van der Waals surface area contributed by atoms with Crippen LogP contribution in [0.1, 0.15) is 125 Å². The van der Waals surface area contributed by atoms with Crippen LogP contribution in [-0.2, 0) is 19.1 Å². The molecule has 0 aliphatic heterocycles. The van der Waals surface area contributed by atoms with Crippen molar-refractivity contribution in [3.63, 3.8) is 0 Å². The first kappa shape index (κ1) is 44.2. The summed E-state index contributed by atoms with van der Waals surface area (Å²) in [6.45, 7) is 8.77. The molecule has 0 saturated heterocycles. The molecule has 0 aliphatic rings. The van der Waals surface area contributed by atoms with Crippen molar-refractivity contribution in [1.29, 1.82) is 0 Å². The Morgan fingerprint density at radius 2 is 0.880 bits per heavy atom. The second-order valence-electron chi connectivity index (χ2n) is 12.3. The van der Waals surface area contributed by atoms with Crippen LogP contribution < -0.4 is 9.47 Å². The number of halogens is 6. The molecule has 278 valence electrons. The number of rotatable bonds is 20. The highest BCUT2D eigenvalue weighted by molar-refractivity contribution is 6.47. The number of hydrogen-bond donors (Lipinski definition) is 0. The second-order valence-corrected chi connectivity index (χ2v) is 14.6. The molecule has 0 radical (unpaired) electrons. The lowest BCUT2D eigenvalue weighted by atomic mass is 9.98. The zero-order valence-electron chi connectivity index (χ0n) is 28.7. The molecule has 2 aromatic carbocycles. The third-order valence-electron chi connectivity index (χ3n) is 7.97. The molecule has 0 amide bonds. The van der Waals surface area contributed by atoms with Gasteiger partial charge in [-0.05, 0) is 49.7 Å². The van der Waals surface area contributed by atoms with Crippen molar-refractivity contribution < 1.29 is 38.1 Å². The van der Waals surface area contributed by atoms with E-state index < -0.39 is 46.5 Å². The van der Waals surface area contributed by atoms with Gasteiger partial charge >= 0.3 is 23.9 Å². The summed E-state index contributed by atoms with van der Waals surface area (Å²) >= 11 is 37.4. The lowest BCUT2D eigenvalue weighted by Crippen LogP contribution is -2.27. The molecule has 0 heterocycles. The van der Waals surface area contributed by atoms with Gasteiger partial charge in [0.2, 0.25) is 0 Å². The van der Waals surface area contributed by atoms with E-state index in [0.717, 1.165) is 76.3 Å². The van der Waals surface area contributed by atoms with E-state index >= 15 is 0 Å². The minimum atomic E-state index is -1.64. The molecule has 0 aromatic heterocycles. The predicted octanol–water partition coefficient (Wildman–Crippen LogP) is 12.4. The third-order valence-corrected chi connectivity index (χ3v) is 10.1. The normalized spacial score (nSPS) is 12.3. The van der Waals surface area contributed by atoms with Crippen molar-refractivity contribution in [3.05, 3.63) is 53.4 Å². The fraction of sp³-hybridized carbons (Fsp3) is 0.556. The molecule has 8 nitrogen and oxygen atoms in total. The zero-order valence-corrected chi connectivity index (χ0v) is 33.3. The maximum atomic E-state index is 13.1. The van der Waals surface area contributed by atoms with Crippen molar-refractivity contribution in [3.8, 4) is 11.5 Å². The number of carbonyl (C=O) groups is 4. The number of benzene rings is 2. The van der Waals surface area contributed by atoms with Crippen molar-refractivity contribution in [1.82, 2.24) is 0 Å². The SMILES string of the molecule is CCCCC(C)CCCCOC(=O)c1c(Cl)c(Cl)cc(Cl)c1OC(=O)C(=O)Oc1c(Cl)cc(Cl)c(Cl)c1C(=O)OCCCCC(C)CCCC. The highest BCUT2D eigenvalue weighted by Crippen LogP contribution is 2.42. The molecule has 0 saturated carbocycles. The first-order chi connectivity index (χ1) is 23.7. The van der Waals surface area contributed by atoms with Crippen LogP contribution in [0.25, 0.3) is 0 Å². The van der Waals surface area contributed by atoms with E-state index in [1.807, 2.05) is 0 Å². The Hall–Kier alpha value is -1.94. The molecular formula is C36H44Cl6O8. The van der Waals surface area contributed by atoms with Gasteiger partial charge in [-0.1, -0.05) is 149 Å². The van der Waals surface area contributed by atoms with Gasteiger partial charge in [-0.15, -0.1) is 0 Å². The van der Waals surface area contributed by atoms with E-state index in [1.54, 1.807) is 0 Å². The van der Waals surface area contributed by atoms with Crippen molar-refractivity contribution >= 4 is 93.5 Å². The number of unbranched alkanes of at least 4 members (excludes halogenated alkanes) is 4. The van der Waals surface area contributed by atoms with E-state index in [4.69, 9.17) is 88.6 Å². The molecule has 0 N–H and O–H groups in total. The summed E-state index contributed by atoms with van der Waals surface area (Å²) in [4.78, 5) is 52.1. The van der Waals surface area contributed by atoms with Gasteiger partial charge in [0, 0.05) is 0 Å². The summed E-state index contributed by atoms with van der Waals surface area (Å²) in [7, 11) is 0. The fourth-order valence-corrected chi connectivity index (χ4v) is 6.49. The van der Waals surface area contributed by atoms with Gasteiger partial charge in [0.1, 0.15) is 11.1 Å². The minimum Gasteiger partial charge on any atom is -0.462 e. The maximum Gasteiger partial charge on any atom is 0.423 e. The number of carbonyl (C=O) groups excluding carboxylic acids is 4. The van der Waals surface area contributed by atoms with Gasteiger partial charge in [0.15, 0.2) is 11.5 Å². The van der Waals surface area contributed by atoms with Crippen molar-refractivity contribution in [2.75, 3.05) is 13.2 Å². The highest BCUT2D eigenvalue weighted by Gasteiger charge is 2.32. The molecular weight excluding hydrogens is 773 g/mol. The zero-order chi connectivity index (χ0) is 37.4. The smallest absolute Gasteiger partial charge is 0.423 e. The topological polar surface area (TPSA) is 105 Å². The molecule has 50 heavy (non-hydrogen) atoms. The van der Waals surface area contributed by atoms with Crippen LogP contribution >= 0.6 is 69.6 Å². The molecule has 0 fully saturated rings. The first-order valence-corrected chi connectivity index (χ1v) is 19.1. The van der Waals surface area contributed by atoms with E-state index in [9.17, 15) is 19.2 Å². The molecule has 2 rings (SSSR count). The van der Waals surface area contributed by atoms with Crippen LogP contribution in [0.4, 0.5) is 0 Å². The maximum absolute atomic E-state index is 13.1. The van der Waals surface area contributed by atoms with Gasteiger partial charge in [0.05, 0.1) is 43.3 Å². The van der Waals surface area contributed by atoms with E-state index in [-0.39, 0.29) is 43.3 Å². The second kappa shape index (κ2) is 22.9. The summed E-state index contributed by atoms with van der Waals surface area (Å²) in [6, 6.07) is 2.26. The Kier molecular flexibility index (Phi) is 20.2. The molecule has 14 heteroatoms. The fourth-order valence-electron chi connectivity index (χ4n) is 5.05. The van der Waals surface area contributed by atoms with Gasteiger partial charge < -0.3 is 18.9 Å². The Morgan fingerprint density at radius 1 is 0.540 bits per heavy atom. The van der Waals surface area contributed by atoms with Gasteiger partial charge in [-0.25, -0.2) is 19.2 Å². The van der Waals surface area contributed by atoms with E-state index in [0.29, 0.717) is 24.7 Å². The third kappa shape index (κ3) is 13.9. The highest BCUT2D eigenvalue weighted by atomic mass is 35.5. The standard InChI is InChI=1S/C36H44Cl6O8/c1-5-7-13-21(3)15-9-11-17-47-33(43)27-29(41)23(37)19-25(39)31(27)49-35(45)36(46)50-32-26(40)20-24(38)30(42)28(32)34(44)48-18-12-10-16-22(4)14-8-6-2/h19-22H,5-18H2,1-4H3. The van der Waals surface area contributed by atoms with Crippen molar-refractivity contribution in [2.24, 2.45) is 11.8 Å². The van der Waals surface area contributed by atoms with Crippen LogP contribution in [0.3, 0.4) is 0 Å². The van der Waals surface area contributed by atoms with E-state index in [2.05, 4.69) is 27.7 Å². The summed E-state index contributed by atoms with van der Waals surface area (Å²) in [5, 5.41) is -1.47. The lowest BCUT2D eigenvalue weighted by molar-refractivity contribution is -0.156. The Balaban J connectivity index is 2.15. The quantitative estimate of drug-likeness (QED) is 0.0428. The number of hydrogen-bond acceptors (Lipinski definition) is 8. The largest absolute Gasteiger partial charge is 0.462 e. The number of ether oxygens (including phenoxy) is 4. The van der Waals surface area contributed by atoms with Crippen LogP contribution in [0.15, 0.2) is 12.1 Å². The average Bonchev–Trinajstić information content (AvgIpc) is 3.07. The van der Waals surface area contributed by atoms with Crippen LogP contribution in [0.5, 0.6) is 11.5 Å². The molecule has 0 aliphatic carbocycles. The molecule has 0 bridgehead atoms. The Morgan fingerprint density at radius 3 is 1.22 bits per heavy atom. The van der Waals surface area contributed by atoms with Gasteiger partial charge in [-0.2, -0.15) is 0 Å². The van der Waals surface area contributed by atoms with Gasteiger partial charge in [0.25, 0.3) is 0 Å². The van der Waals surface area contributed by atoms with Gasteiger partial charge in [-0.3, -0.25) is 0 Å². The summed E-state index contributed by atoms with van der Waals surface area (Å²) in [5.74, 6) is -5.27. The first-order valence-electron chi connectivity index (χ1n) is 16.9. The van der Waals surface area contributed by atoms with Crippen LogP contribution in [-0.4, -0.2) is 37.1 Å². The molecule has 2 unspecified atom stereocenters.